The van der Waals surface area contributed by atoms with E-state index in [0.717, 1.165) is 36.5 Å². The highest BCUT2D eigenvalue weighted by Crippen LogP contribution is 2.40. The van der Waals surface area contributed by atoms with Gasteiger partial charge in [-0.2, -0.15) is 0 Å². The summed E-state index contributed by atoms with van der Waals surface area (Å²) in [6.07, 6.45) is 1.98. The molecule has 2 fully saturated rings. The molecule has 5 nitrogen and oxygen atoms in total. The van der Waals surface area contributed by atoms with Gasteiger partial charge in [0.1, 0.15) is 5.75 Å². The molecule has 0 spiro atoms. The summed E-state index contributed by atoms with van der Waals surface area (Å²) in [6, 6.07) is 3.69. The summed E-state index contributed by atoms with van der Waals surface area (Å²) in [6.45, 7) is 1.98. The third-order valence-corrected chi connectivity index (χ3v) is 4.44. The van der Waals surface area contributed by atoms with E-state index in [1.165, 1.54) is 0 Å². The van der Waals surface area contributed by atoms with Gasteiger partial charge >= 0.3 is 0 Å². The van der Waals surface area contributed by atoms with E-state index in [9.17, 15) is 9.59 Å². The maximum Gasteiger partial charge on any atom is 0.234 e. The molecule has 0 saturated carbocycles. The van der Waals surface area contributed by atoms with Crippen molar-refractivity contribution in [3.8, 4) is 5.75 Å². The zero-order valence-electron chi connectivity index (χ0n) is 11.8. The molecule has 2 saturated heterocycles. The Labute approximate surface area is 128 Å². The van der Waals surface area contributed by atoms with Gasteiger partial charge in [0.05, 0.1) is 18.7 Å². The van der Waals surface area contributed by atoms with Crippen molar-refractivity contribution in [3.05, 3.63) is 22.7 Å². The second-order valence-electron chi connectivity index (χ2n) is 5.39. The molecule has 0 aliphatic carbocycles. The summed E-state index contributed by atoms with van der Waals surface area (Å²) in [4.78, 5) is 25.4. The Morgan fingerprint density at radius 1 is 1.33 bits per heavy atom. The molecule has 21 heavy (non-hydrogen) atoms. The van der Waals surface area contributed by atoms with Crippen LogP contribution in [0, 0.1) is 0 Å². The molecular weight excluding hydrogens is 292 g/mol. The number of nitrogens with zero attached hydrogens (tertiary/aromatic N) is 1. The van der Waals surface area contributed by atoms with Crippen LogP contribution in [0.1, 0.15) is 30.7 Å². The van der Waals surface area contributed by atoms with Gasteiger partial charge in [0.2, 0.25) is 11.8 Å². The van der Waals surface area contributed by atoms with Crippen LogP contribution < -0.4 is 15.0 Å². The van der Waals surface area contributed by atoms with Crippen molar-refractivity contribution in [1.82, 2.24) is 5.32 Å². The minimum atomic E-state index is -0.394. The summed E-state index contributed by atoms with van der Waals surface area (Å²) < 4.78 is 5.45. The Balaban J connectivity index is 1.95. The average Bonchev–Trinajstić information content (AvgIpc) is 2.38. The minimum Gasteiger partial charge on any atom is -0.495 e. The predicted molar refractivity (Wildman–Crippen MR) is 80.0 cm³/mol. The van der Waals surface area contributed by atoms with E-state index in [1.807, 2.05) is 12.1 Å². The van der Waals surface area contributed by atoms with E-state index < -0.39 is 5.92 Å². The Bertz CT molecular complexity index is 599. The van der Waals surface area contributed by atoms with Crippen molar-refractivity contribution in [2.75, 3.05) is 25.1 Å². The van der Waals surface area contributed by atoms with E-state index >= 15 is 0 Å². The molecule has 112 valence electrons. The number of rotatable bonds is 3. The van der Waals surface area contributed by atoms with Gasteiger partial charge in [-0.1, -0.05) is 11.6 Å². The molecule has 1 aromatic carbocycles. The van der Waals surface area contributed by atoms with Gasteiger partial charge in [-0.05, 0) is 30.5 Å². The first-order valence-corrected chi connectivity index (χ1v) is 7.44. The van der Waals surface area contributed by atoms with Gasteiger partial charge < -0.3 is 9.64 Å². The number of nitrogens with one attached hydrogen (secondary N) is 1. The Morgan fingerprint density at radius 3 is 2.67 bits per heavy atom. The summed E-state index contributed by atoms with van der Waals surface area (Å²) in [5, 5.41) is 2.91. The van der Waals surface area contributed by atoms with Gasteiger partial charge in [-0.3, -0.25) is 14.9 Å². The lowest BCUT2D eigenvalue weighted by Gasteiger charge is -2.35. The molecule has 2 amide bonds. The van der Waals surface area contributed by atoms with Gasteiger partial charge in [0.25, 0.3) is 0 Å². The summed E-state index contributed by atoms with van der Waals surface area (Å²) in [5.74, 6) is -0.184. The molecule has 0 aromatic heterocycles. The molecule has 2 aliphatic rings. The molecule has 2 heterocycles. The molecule has 6 heteroatoms. The van der Waals surface area contributed by atoms with E-state index in [4.69, 9.17) is 16.3 Å². The highest BCUT2D eigenvalue weighted by molar-refractivity contribution is 6.32. The fraction of sp³-hybridized carbons (Fsp3) is 0.467. The zero-order chi connectivity index (χ0) is 15.0. The number of imide groups is 1. The minimum absolute atomic E-state index is 0.225. The van der Waals surface area contributed by atoms with Crippen LogP contribution in [0.5, 0.6) is 5.75 Å². The SMILES string of the molecule is COc1cc([C@@H]2CCC(=O)NC2=O)c(Cl)cc1N1CCC1. The maximum atomic E-state index is 12.0. The van der Waals surface area contributed by atoms with Gasteiger partial charge in [-0.15, -0.1) is 0 Å². The molecule has 1 aromatic rings. The van der Waals surface area contributed by atoms with Crippen LogP contribution in [0.2, 0.25) is 5.02 Å². The van der Waals surface area contributed by atoms with Crippen LogP contribution in [0.15, 0.2) is 12.1 Å². The lowest BCUT2D eigenvalue weighted by molar-refractivity contribution is -0.134. The number of amides is 2. The largest absolute Gasteiger partial charge is 0.495 e. The summed E-state index contributed by atoms with van der Waals surface area (Å²) in [7, 11) is 1.61. The maximum absolute atomic E-state index is 12.0. The molecule has 3 rings (SSSR count). The second kappa shape index (κ2) is 5.56. The number of carbonyl (C=O) groups is 2. The molecule has 1 N–H and O–H groups in total. The smallest absolute Gasteiger partial charge is 0.234 e. The first kappa shape index (κ1) is 14.2. The van der Waals surface area contributed by atoms with E-state index in [2.05, 4.69) is 10.2 Å². The van der Waals surface area contributed by atoms with Crippen LogP contribution in [0.4, 0.5) is 5.69 Å². The number of halogens is 1. The van der Waals surface area contributed by atoms with Gasteiger partial charge in [0, 0.05) is 24.5 Å². The Kier molecular flexibility index (Phi) is 3.76. The Morgan fingerprint density at radius 2 is 2.10 bits per heavy atom. The van der Waals surface area contributed by atoms with Gasteiger partial charge in [0.15, 0.2) is 0 Å². The number of piperidine rings is 1. The highest BCUT2D eigenvalue weighted by Gasteiger charge is 2.31. The monoisotopic (exact) mass is 308 g/mol. The average molecular weight is 309 g/mol. The van der Waals surface area contributed by atoms with Crippen LogP contribution in [-0.2, 0) is 9.59 Å². The number of methoxy groups -OCH3 is 1. The topological polar surface area (TPSA) is 58.6 Å². The number of anilines is 1. The van der Waals surface area contributed by atoms with Crippen molar-refractivity contribution in [1.29, 1.82) is 0 Å². The third kappa shape index (κ3) is 2.58. The normalized spacial score (nSPS) is 21.8. The summed E-state index contributed by atoms with van der Waals surface area (Å²) >= 11 is 6.37. The predicted octanol–water partition coefficient (Wildman–Crippen LogP) is 2.08. The van der Waals surface area contributed by atoms with Crippen molar-refractivity contribution in [2.24, 2.45) is 0 Å². The van der Waals surface area contributed by atoms with E-state index in [-0.39, 0.29) is 11.8 Å². The van der Waals surface area contributed by atoms with Crippen LogP contribution in [0.25, 0.3) is 0 Å². The molecule has 1 atom stereocenters. The third-order valence-electron chi connectivity index (χ3n) is 4.11. The summed E-state index contributed by atoms with van der Waals surface area (Å²) in [5.41, 5.74) is 1.69. The number of hydrogen-bond acceptors (Lipinski definition) is 4. The van der Waals surface area contributed by atoms with Gasteiger partial charge in [-0.25, -0.2) is 0 Å². The second-order valence-corrected chi connectivity index (χ2v) is 5.80. The van der Waals surface area contributed by atoms with Crippen molar-refractivity contribution in [3.63, 3.8) is 0 Å². The fourth-order valence-electron chi connectivity index (χ4n) is 2.78. The number of carbonyl (C=O) groups excluding carboxylic acids is 2. The fourth-order valence-corrected chi connectivity index (χ4v) is 3.07. The quantitative estimate of drug-likeness (QED) is 0.869. The van der Waals surface area contributed by atoms with Crippen LogP contribution in [0.3, 0.4) is 0 Å². The van der Waals surface area contributed by atoms with E-state index in [1.54, 1.807) is 7.11 Å². The van der Waals surface area contributed by atoms with Crippen molar-refractivity contribution in [2.45, 2.75) is 25.2 Å². The highest BCUT2D eigenvalue weighted by atomic mass is 35.5. The van der Waals surface area contributed by atoms with Crippen molar-refractivity contribution < 1.29 is 14.3 Å². The molecule has 0 radical (unpaired) electrons. The molecule has 0 bridgehead atoms. The Hall–Kier alpha value is -1.75. The number of benzene rings is 1. The first-order valence-electron chi connectivity index (χ1n) is 7.06. The molecule has 0 unspecified atom stereocenters. The number of ether oxygens (including phenoxy) is 1. The number of hydrogen-bond donors (Lipinski definition) is 1. The van der Waals surface area contributed by atoms with E-state index in [0.29, 0.717) is 17.9 Å². The van der Waals surface area contributed by atoms with Crippen molar-refractivity contribution >= 4 is 29.1 Å². The zero-order valence-corrected chi connectivity index (χ0v) is 12.6. The standard InChI is InChI=1S/C15H17ClN2O3/c1-21-13-7-10(9-3-4-14(19)17-15(9)20)11(16)8-12(13)18-5-2-6-18/h7-9H,2-6H2,1H3,(H,17,19,20)/t9-/m0/s1. The van der Waals surface area contributed by atoms with Crippen LogP contribution >= 0.6 is 11.6 Å². The molecule has 2 aliphatic heterocycles. The first-order chi connectivity index (χ1) is 10.1. The molecular formula is C15H17ClN2O3. The lowest BCUT2D eigenvalue weighted by atomic mass is 9.90. The van der Waals surface area contributed by atoms with Crippen LogP contribution in [-0.4, -0.2) is 32.0 Å². The lowest BCUT2D eigenvalue weighted by Crippen LogP contribution is -2.39.